The van der Waals surface area contributed by atoms with Crippen molar-refractivity contribution in [2.24, 2.45) is 0 Å². The van der Waals surface area contributed by atoms with Crippen molar-refractivity contribution in [3.8, 4) is 0 Å². The SMILES string of the molecule is COC(=O)CNc1cc2c(cc1N)CCC(=O)N2. The highest BCUT2D eigenvalue weighted by Gasteiger charge is 2.16. The number of hydrogen-bond acceptors (Lipinski definition) is 5. The standard InChI is InChI=1S/C12H15N3O3/c1-18-12(17)6-14-10-5-9-7(4-8(10)13)2-3-11(16)15-9/h4-5,14H,2-3,6,13H2,1H3,(H,15,16). The van der Waals surface area contributed by atoms with E-state index in [0.29, 0.717) is 24.2 Å². The van der Waals surface area contributed by atoms with Gasteiger partial charge in [-0.05, 0) is 24.1 Å². The van der Waals surface area contributed by atoms with Gasteiger partial charge in [-0.2, -0.15) is 0 Å². The quantitative estimate of drug-likeness (QED) is 0.542. The van der Waals surface area contributed by atoms with Crippen LogP contribution in [0.5, 0.6) is 0 Å². The first-order chi connectivity index (χ1) is 8.60. The van der Waals surface area contributed by atoms with Crippen molar-refractivity contribution in [3.05, 3.63) is 17.7 Å². The van der Waals surface area contributed by atoms with Gasteiger partial charge in [-0.3, -0.25) is 9.59 Å². The van der Waals surface area contributed by atoms with Crippen LogP contribution in [0, 0.1) is 0 Å². The average Bonchev–Trinajstić information content (AvgIpc) is 2.36. The lowest BCUT2D eigenvalue weighted by Gasteiger charge is -2.19. The molecule has 0 atom stereocenters. The van der Waals surface area contributed by atoms with Gasteiger partial charge in [-0.25, -0.2) is 0 Å². The maximum absolute atomic E-state index is 11.3. The molecule has 1 amide bonds. The Morgan fingerprint density at radius 1 is 1.50 bits per heavy atom. The number of ether oxygens (including phenoxy) is 1. The topological polar surface area (TPSA) is 93.4 Å². The molecule has 0 spiro atoms. The molecular weight excluding hydrogens is 234 g/mol. The van der Waals surface area contributed by atoms with Crippen LogP contribution in [0.1, 0.15) is 12.0 Å². The van der Waals surface area contributed by atoms with Gasteiger partial charge in [-0.1, -0.05) is 0 Å². The number of aryl methyl sites for hydroxylation is 1. The maximum atomic E-state index is 11.3. The second-order valence-corrected chi connectivity index (χ2v) is 4.07. The van der Waals surface area contributed by atoms with Crippen LogP contribution in [0.25, 0.3) is 0 Å². The minimum atomic E-state index is -0.379. The minimum absolute atomic E-state index is 0.00816. The summed E-state index contributed by atoms with van der Waals surface area (Å²) in [6, 6.07) is 3.55. The van der Waals surface area contributed by atoms with E-state index >= 15 is 0 Å². The lowest BCUT2D eigenvalue weighted by molar-refractivity contribution is -0.138. The highest BCUT2D eigenvalue weighted by Crippen LogP contribution is 2.30. The van der Waals surface area contributed by atoms with Crippen LogP contribution in [0.4, 0.5) is 17.1 Å². The molecule has 1 heterocycles. The number of anilines is 3. The molecule has 0 aromatic heterocycles. The third kappa shape index (κ3) is 2.53. The minimum Gasteiger partial charge on any atom is -0.468 e. The van der Waals surface area contributed by atoms with E-state index in [1.807, 2.05) is 6.07 Å². The highest BCUT2D eigenvalue weighted by atomic mass is 16.5. The van der Waals surface area contributed by atoms with Crippen molar-refractivity contribution >= 4 is 28.9 Å². The van der Waals surface area contributed by atoms with Gasteiger partial charge in [0.1, 0.15) is 6.54 Å². The summed E-state index contributed by atoms with van der Waals surface area (Å²) in [5, 5.41) is 5.66. The van der Waals surface area contributed by atoms with Crippen molar-refractivity contribution in [2.75, 3.05) is 30.0 Å². The van der Waals surface area contributed by atoms with E-state index in [0.717, 1.165) is 11.3 Å². The van der Waals surface area contributed by atoms with Crippen molar-refractivity contribution < 1.29 is 14.3 Å². The predicted octanol–water partition coefficient (Wildman–Crippen LogP) is 0.738. The molecule has 1 aromatic carbocycles. The van der Waals surface area contributed by atoms with Crippen molar-refractivity contribution in [2.45, 2.75) is 12.8 Å². The molecule has 0 fully saturated rings. The summed E-state index contributed by atoms with van der Waals surface area (Å²) in [7, 11) is 1.32. The Kier molecular flexibility index (Phi) is 3.36. The molecule has 1 aliphatic rings. The van der Waals surface area contributed by atoms with Crippen molar-refractivity contribution in [1.82, 2.24) is 0 Å². The monoisotopic (exact) mass is 249 g/mol. The van der Waals surface area contributed by atoms with Gasteiger partial charge in [0.05, 0.1) is 18.5 Å². The van der Waals surface area contributed by atoms with Gasteiger partial charge in [-0.15, -0.1) is 0 Å². The smallest absolute Gasteiger partial charge is 0.325 e. The first-order valence-corrected chi connectivity index (χ1v) is 5.63. The van der Waals surface area contributed by atoms with E-state index in [1.165, 1.54) is 7.11 Å². The van der Waals surface area contributed by atoms with E-state index in [9.17, 15) is 9.59 Å². The van der Waals surface area contributed by atoms with Crippen LogP contribution < -0.4 is 16.4 Å². The van der Waals surface area contributed by atoms with Gasteiger partial charge < -0.3 is 21.1 Å². The Bertz CT molecular complexity index is 500. The number of nitrogen functional groups attached to an aromatic ring is 1. The molecule has 0 saturated carbocycles. The normalized spacial score (nSPS) is 13.5. The summed E-state index contributed by atoms with van der Waals surface area (Å²) in [5.41, 5.74) is 8.80. The Hall–Kier alpha value is -2.24. The summed E-state index contributed by atoms with van der Waals surface area (Å²) >= 11 is 0. The number of rotatable bonds is 3. The van der Waals surface area contributed by atoms with E-state index in [1.54, 1.807) is 6.07 Å². The summed E-state index contributed by atoms with van der Waals surface area (Å²) < 4.78 is 4.53. The maximum Gasteiger partial charge on any atom is 0.325 e. The summed E-state index contributed by atoms with van der Waals surface area (Å²) in [4.78, 5) is 22.3. The number of methoxy groups -OCH3 is 1. The fourth-order valence-corrected chi connectivity index (χ4v) is 1.84. The van der Waals surface area contributed by atoms with E-state index in [4.69, 9.17) is 5.73 Å². The molecule has 18 heavy (non-hydrogen) atoms. The summed E-state index contributed by atoms with van der Waals surface area (Å²) in [5.74, 6) is -0.387. The van der Waals surface area contributed by atoms with E-state index in [-0.39, 0.29) is 18.4 Å². The molecule has 0 unspecified atom stereocenters. The van der Waals surface area contributed by atoms with Crippen LogP contribution >= 0.6 is 0 Å². The van der Waals surface area contributed by atoms with Gasteiger partial charge >= 0.3 is 5.97 Å². The van der Waals surface area contributed by atoms with Crippen LogP contribution in [-0.4, -0.2) is 25.5 Å². The molecule has 4 N–H and O–H groups in total. The summed E-state index contributed by atoms with van der Waals surface area (Å²) in [6.45, 7) is 0.0352. The number of fused-ring (bicyclic) bond motifs is 1. The number of carbonyl (C=O) groups is 2. The predicted molar refractivity (Wildman–Crippen MR) is 68.3 cm³/mol. The number of hydrogen-bond donors (Lipinski definition) is 3. The lowest BCUT2D eigenvalue weighted by atomic mass is 10.0. The number of nitrogens with one attached hydrogen (secondary N) is 2. The second kappa shape index (κ2) is 4.95. The van der Waals surface area contributed by atoms with Crippen LogP contribution in [0.3, 0.4) is 0 Å². The Morgan fingerprint density at radius 2 is 2.28 bits per heavy atom. The molecule has 96 valence electrons. The number of esters is 1. The van der Waals surface area contributed by atoms with E-state index in [2.05, 4.69) is 15.4 Å². The zero-order chi connectivity index (χ0) is 13.1. The molecule has 0 radical (unpaired) electrons. The zero-order valence-electron chi connectivity index (χ0n) is 10.1. The largest absolute Gasteiger partial charge is 0.468 e. The highest BCUT2D eigenvalue weighted by molar-refractivity contribution is 5.95. The second-order valence-electron chi connectivity index (χ2n) is 4.07. The number of nitrogens with two attached hydrogens (primary N) is 1. The molecular formula is C12H15N3O3. The summed E-state index contributed by atoms with van der Waals surface area (Å²) in [6.07, 6.45) is 1.16. The molecule has 0 bridgehead atoms. The van der Waals surface area contributed by atoms with E-state index < -0.39 is 0 Å². The van der Waals surface area contributed by atoms with Gasteiger partial charge in [0, 0.05) is 12.1 Å². The van der Waals surface area contributed by atoms with Gasteiger partial charge in [0.15, 0.2) is 0 Å². The fraction of sp³-hybridized carbons (Fsp3) is 0.333. The molecule has 1 aliphatic heterocycles. The van der Waals surface area contributed by atoms with Crippen LogP contribution in [-0.2, 0) is 20.7 Å². The third-order valence-corrected chi connectivity index (χ3v) is 2.82. The number of amides is 1. The lowest BCUT2D eigenvalue weighted by Crippen LogP contribution is -2.20. The fourth-order valence-electron chi connectivity index (χ4n) is 1.84. The Balaban J connectivity index is 2.18. The number of benzene rings is 1. The molecule has 1 aromatic rings. The molecule has 6 heteroatoms. The molecule has 0 aliphatic carbocycles. The molecule has 0 saturated heterocycles. The van der Waals surface area contributed by atoms with Crippen LogP contribution in [0.2, 0.25) is 0 Å². The first-order valence-electron chi connectivity index (χ1n) is 5.63. The number of carbonyl (C=O) groups excluding carboxylic acids is 2. The molecule has 6 nitrogen and oxygen atoms in total. The first kappa shape index (κ1) is 12.2. The Morgan fingerprint density at radius 3 is 3.00 bits per heavy atom. The van der Waals surface area contributed by atoms with Crippen molar-refractivity contribution in [3.63, 3.8) is 0 Å². The molecule has 2 rings (SSSR count). The zero-order valence-corrected chi connectivity index (χ0v) is 10.1. The van der Waals surface area contributed by atoms with Gasteiger partial charge in [0.25, 0.3) is 0 Å². The Labute approximate surface area is 104 Å². The van der Waals surface area contributed by atoms with Crippen molar-refractivity contribution in [1.29, 1.82) is 0 Å². The van der Waals surface area contributed by atoms with Gasteiger partial charge in [0.2, 0.25) is 5.91 Å². The van der Waals surface area contributed by atoms with Crippen LogP contribution in [0.15, 0.2) is 12.1 Å². The third-order valence-electron chi connectivity index (χ3n) is 2.82. The average molecular weight is 249 g/mol.